The number of aromatic nitrogens is 2. The van der Waals surface area contributed by atoms with Gasteiger partial charge in [0.05, 0.1) is 12.3 Å². The highest BCUT2D eigenvalue weighted by molar-refractivity contribution is 5.31. The fraction of sp³-hybridized carbons (Fsp3) is 0.667. The Hall–Kier alpha value is -1.20. The highest BCUT2D eigenvalue weighted by Crippen LogP contribution is 2.13. The fourth-order valence-electron chi connectivity index (χ4n) is 1.56. The van der Waals surface area contributed by atoms with Gasteiger partial charge in [-0.25, -0.2) is 9.97 Å². The molecule has 5 nitrogen and oxygen atoms in total. The van der Waals surface area contributed by atoms with E-state index in [2.05, 4.69) is 28.7 Å². The van der Waals surface area contributed by atoms with Gasteiger partial charge >= 0.3 is 0 Å². The fourth-order valence-corrected chi connectivity index (χ4v) is 1.56. The Morgan fingerprint density at radius 3 is 2.88 bits per heavy atom. The summed E-state index contributed by atoms with van der Waals surface area (Å²) in [5.41, 5.74) is 6.46. The Morgan fingerprint density at radius 1 is 1.53 bits per heavy atom. The van der Waals surface area contributed by atoms with Crippen LogP contribution in [0, 0.1) is 0 Å². The molecule has 0 radical (unpaired) electrons. The number of methoxy groups -OCH3 is 1. The lowest BCUT2D eigenvalue weighted by atomic mass is 10.2. The van der Waals surface area contributed by atoms with Crippen LogP contribution in [0.5, 0.6) is 0 Å². The van der Waals surface area contributed by atoms with Crippen molar-refractivity contribution in [1.29, 1.82) is 0 Å². The Kier molecular flexibility index (Phi) is 5.86. The minimum atomic E-state index is 0.387. The summed E-state index contributed by atoms with van der Waals surface area (Å²) in [6.45, 7) is 6.21. The van der Waals surface area contributed by atoms with E-state index < -0.39 is 0 Å². The van der Waals surface area contributed by atoms with Gasteiger partial charge in [0.2, 0.25) is 5.95 Å². The summed E-state index contributed by atoms with van der Waals surface area (Å²) in [6.07, 6.45) is 2.80. The topological polar surface area (TPSA) is 64.3 Å². The molecule has 0 aliphatic carbocycles. The lowest BCUT2D eigenvalue weighted by Crippen LogP contribution is -2.37. The normalized spacial score (nSPS) is 12.5. The number of rotatable bonds is 7. The molecule has 0 amide bonds. The Bertz CT molecular complexity index is 332. The van der Waals surface area contributed by atoms with Crippen molar-refractivity contribution in [3.63, 3.8) is 0 Å². The first-order chi connectivity index (χ1) is 8.22. The largest absolute Gasteiger partial charge is 0.383 e. The predicted molar refractivity (Wildman–Crippen MR) is 68.9 cm³/mol. The average Bonchev–Trinajstić information content (AvgIpc) is 2.39. The van der Waals surface area contributed by atoms with Gasteiger partial charge in [-0.05, 0) is 19.4 Å². The first-order valence-corrected chi connectivity index (χ1v) is 6.00. The van der Waals surface area contributed by atoms with E-state index >= 15 is 0 Å². The van der Waals surface area contributed by atoms with Crippen molar-refractivity contribution in [2.75, 3.05) is 25.2 Å². The van der Waals surface area contributed by atoms with Crippen LogP contribution in [0.4, 0.5) is 5.95 Å². The van der Waals surface area contributed by atoms with Crippen LogP contribution in [-0.4, -0.2) is 36.3 Å². The number of hydrogen-bond donors (Lipinski definition) is 1. The molecule has 1 heterocycles. The summed E-state index contributed by atoms with van der Waals surface area (Å²) >= 11 is 0. The van der Waals surface area contributed by atoms with Crippen molar-refractivity contribution < 1.29 is 4.74 Å². The molecule has 0 spiro atoms. The molecule has 0 aliphatic rings. The number of ether oxygens (including phenoxy) is 1. The predicted octanol–water partition coefficient (Wildman–Crippen LogP) is 1.19. The van der Waals surface area contributed by atoms with Crippen molar-refractivity contribution in [3.8, 4) is 0 Å². The van der Waals surface area contributed by atoms with Gasteiger partial charge < -0.3 is 15.4 Å². The van der Waals surface area contributed by atoms with Crippen LogP contribution in [0.15, 0.2) is 12.3 Å². The molecule has 1 aromatic rings. The Balaban J connectivity index is 2.86. The number of anilines is 1. The summed E-state index contributed by atoms with van der Waals surface area (Å²) in [5.74, 6) is 0.736. The quantitative estimate of drug-likeness (QED) is 0.773. The van der Waals surface area contributed by atoms with Gasteiger partial charge in [0.25, 0.3) is 0 Å². The molecule has 5 heteroatoms. The van der Waals surface area contributed by atoms with Crippen molar-refractivity contribution in [2.24, 2.45) is 5.73 Å². The third-order valence-corrected chi connectivity index (χ3v) is 2.83. The van der Waals surface area contributed by atoms with E-state index in [1.165, 1.54) is 0 Å². The number of nitrogens with zero attached hydrogens (tertiary/aromatic N) is 3. The molecule has 2 N–H and O–H groups in total. The lowest BCUT2D eigenvalue weighted by molar-refractivity contribution is 0.203. The van der Waals surface area contributed by atoms with Gasteiger partial charge in [0, 0.05) is 32.4 Å². The van der Waals surface area contributed by atoms with Crippen LogP contribution in [0.25, 0.3) is 0 Å². The summed E-state index contributed by atoms with van der Waals surface area (Å²) in [5, 5.41) is 0. The molecular formula is C12H22N4O. The van der Waals surface area contributed by atoms with Gasteiger partial charge in [-0.2, -0.15) is 0 Å². The van der Waals surface area contributed by atoms with Gasteiger partial charge in [-0.1, -0.05) is 6.92 Å². The Labute approximate surface area is 103 Å². The van der Waals surface area contributed by atoms with Crippen molar-refractivity contribution >= 4 is 5.95 Å². The van der Waals surface area contributed by atoms with Crippen LogP contribution in [0.3, 0.4) is 0 Å². The summed E-state index contributed by atoms with van der Waals surface area (Å²) in [6, 6.07) is 2.23. The average molecular weight is 238 g/mol. The zero-order chi connectivity index (χ0) is 12.7. The molecule has 0 aromatic carbocycles. The SMILES string of the molecule is CCC(C)N(CCOC)c1nccc(CN)n1. The summed E-state index contributed by atoms with van der Waals surface area (Å²) in [4.78, 5) is 10.9. The second kappa shape index (κ2) is 7.19. The van der Waals surface area contributed by atoms with E-state index in [9.17, 15) is 0 Å². The first kappa shape index (κ1) is 13.9. The maximum atomic E-state index is 5.59. The molecule has 1 atom stereocenters. The minimum Gasteiger partial charge on any atom is -0.383 e. The van der Waals surface area contributed by atoms with Crippen molar-refractivity contribution in [3.05, 3.63) is 18.0 Å². The highest BCUT2D eigenvalue weighted by atomic mass is 16.5. The van der Waals surface area contributed by atoms with Crippen LogP contribution < -0.4 is 10.6 Å². The summed E-state index contributed by atoms with van der Waals surface area (Å²) in [7, 11) is 1.70. The van der Waals surface area contributed by atoms with Gasteiger partial charge in [0.1, 0.15) is 0 Å². The molecule has 17 heavy (non-hydrogen) atoms. The molecule has 0 aliphatic heterocycles. The van der Waals surface area contributed by atoms with E-state index in [1.807, 2.05) is 6.07 Å². The third-order valence-electron chi connectivity index (χ3n) is 2.83. The monoisotopic (exact) mass is 238 g/mol. The van der Waals surface area contributed by atoms with E-state index in [0.717, 1.165) is 24.6 Å². The van der Waals surface area contributed by atoms with Crippen LogP contribution in [0.2, 0.25) is 0 Å². The molecule has 0 fully saturated rings. The maximum absolute atomic E-state index is 5.59. The van der Waals surface area contributed by atoms with Crippen molar-refractivity contribution in [1.82, 2.24) is 9.97 Å². The van der Waals surface area contributed by atoms with Crippen LogP contribution in [-0.2, 0) is 11.3 Å². The molecule has 96 valence electrons. The van der Waals surface area contributed by atoms with Crippen molar-refractivity contribution in [2.45, 2.75) is 32.9 Å². The van der Waals surface area contributed by atoms with Crippen LogP contribution >= 0.6 is 0 Å². The molecule has 1 unspecified atom stereocenters. The molecule has 1 rings (SSSR count). The number of nitrogens with two attached hydrogens (primary N) is 1. The highest BCUT2D eigenvalue weighted by Gasteiger charge is 2.15. The maximum Gasteiger partial charge on any atom is 0.225 e. The third kappa shape index (κ3) is 3.94. The molecular weight excluding hydrogens is 216 g/mol. The van der Waals surface area contributed by atoms with Gasteiger partial charge in [-0.3, -0.25) is 0 Å². The molecule has 0 saturated carbocycles. The smallest absolute Gasteiger partial charge is 0.225 e. The lowest BCUT2D eigenvalue weighted by Gasteiger charge is -2.28. The second-order valence-corrected chi connectivity index (χ2v) is 4.00. The van der Waals surface area contributed by atoms with E-state index in [1.54, 1.807) is 13.3 Å². The second-order valence-electron chi connectivity index (χ2n) is 4.00. The van der Waals surface area contributed by atoms with E-state index in [4.69, 9.17) is 10.5 Å². The standard InChI is InChI=1S/C12H22N4O/c1-4-10(2)16(7-8-17-3)12-14-6-5-11(9-13)15-12/h5-6,10H,4,7-9,13H2,1-3H3. The zero-order valence-corrected chi connectivity index (χ0v) is 10.9. The van der Waals surface area contributed by atoms with E-state index in [-0.39, 0.29) is 0 Å². The molecule has 1 aromatic heterocycles. The number of hydrogen-bond acceptors (Lipinski definition) is 5. The Morgan fingerprint density at radius 2 is 2.29 bits per heavy atom. The summed E-state index contributed by atoms with van der Waals surface area (Å²) < 4.78 is 5.12. The zero-order valence-electron chi connectivity index (χ0n) is 10.9. The first-order valence-electron chi connectivity index (χ1n) is 6.00. The van der Waals surface area contributed by atoms with Crippen LogP contribution in [0.1, 0.15) is 26.0 Å². The van der Waals surface area contributed by atoms with Gasteiger partial charge in [0.15, 0.2) is 0 Å². The molecule has 0 bridgehead atoms. The molecule has 0 saturated heterocycles. The minimum absolute atomic E-state index is 0.387. The van der Waals surface area contributed by atoms with Gasteiger partial charge in [-0.15, -0.1) is 0 Å². The van der Waals surface area contributed by atoms with E-state index in [0.29, 0.717) is 19.2 Å².